The maximum atomic E-state index is 6.33. The summed E-state index contributed by atoms with van der Waals surface area (Å²) in [5.74, 6) is 1.58. The number of rotatable bonds is 5. The highest BCUT2D eigenvalue weighted by Crippen LogP contribution is 2.28. The predicted molar refractivity (Wildman–Crippen MR) is 89.5 cm³/mol. The molecule has 3 rings (SSSR count). The van der Waals surface area contributed by atoms with Crippen molar-refractivity contribution in [1.82, 2.24) is 19.6 Å². The Morgan fingerprint density at radius 1 is 1.26 bits per heavy atom. The van der Waals surface area contributed by atoms with E-state index in [9.17, 15) is 0 Å². The molecule has 0 aliphatic carbocycles. The average molecular weight is 314 g/mol. The maximum Gasteiger partial charge on any atom is 0.184 e. The molecule has 2 heterocycles. The van der Waals surface area contributed by atoms with Crippen LogP contribution in [0.15, 0.2) is 12.1 Å². The molecule has 0 spiro atoms. The van der Waals surface area contributed by atoms with Crippen LogP contribution in [0.1, 0.15) is 36.0 Å². The number of ether oxygens (including phenoxy) is 1. The van der Waals surface area contributed by atoms with Gasteiger partial charge in [0.2, 0.25) is 0 Å². The molecular formula is C16H22N6O. The number of nitrogens with two attached hydrogens (primary N) is 2. The third-order valence-electron chi connectivity index (χ3n) is 4.09. The minimum atomic E-state index is -0.212. The highest BCUT2D eigenvalue weighted by Gasteiger charge is 2.19. The SMILES string of the molecule is COc1cc(C)c2nc(C(N)CCCN)c3nnc(C)n3c2c1. The van der Waals surface area contributed by atoms with Crippen molar-refractivity contribution in [2.75, 3.05) is 13.7 Å². The quantitative estimate of drug-likeness (QED) is 0.742. The zero-order chi connectivity index (χ0) is 16.6. The molecule has 122 valence electrons. The van der Waals surface area contributed by atoms with Crippen molar-refractivity contribution < 1.29 is 4.74 Å². The molecular weight excluding hydrogens is 292 g/mol. The number of fused-ring (bicyclic) bond motifs is 3. The Balaban J connectivity index is 2.31. The smallest absolute Gasteiger partial charge is 0.184 e. The van der Waals surface area contributed by atoms with E-state index in [4.69, 9.17) is 21.2 Å². The highest BCUT2D eigenvalue weighted by atomic mass is 16.5. The number of aryl methyl sites for hydroxylation is 2. The number of hydrogen-bond acceptors (Lipinski definition) is 6. The molecule has 0 amide bonds. The molecule has 0 aliphatic rings. The Morgan fingerprint density at radius 2 is 2.04 bits per heavy atom. The van der Waals surface area contributed by atoms with Crippen molar-refractivity contribution in [2.24, 2.45) is 11.5 Å². The summed E-state index contributed by atoms with van der Waals surface area (Å²) in [5, 5.41) is 8.49. The second-order valence-electron chi connectivity index (χ2n) is 5.75. The first kappa shape index (κ1) is 15.6. The van der Waals surface area contributed by atoms with Gasteiger partial charge < -0.3 is 16.2 Å². The number of aromatic nitrogens is 4. The Morgan fingerprint density at radius 3 is 2.74 bits per heavy atom. The van der Waals surface area contributed by atoms with Crippen molar-refractivity contribution in [3.05, 3.63) is 29.2 Å². The van der Waals surface area contributed by atoms with Crippen LogP contribution in [0.25, 0.3) is 16.7 Å². The van der Waals surface area contributed by atoms with Crippen LogP contribution in [0.2, 0.25) is 0 Å². The van der Waals surface area contributed by atoms with E-state index in [2.05, 4.69) is 10.2 Å². The molecule has 0 fully saturated rings. The van der Waals surface area contributed by atoms with Gasteiger partial charge in [0.1, 0.15) is 17.3 Å². The molecule has 23 heavy (non-hydrogen) atoms. The molecule has 0 saturated carbocycles. The van der Waals surface area contributed by atoms with E-state index in [0.717, 1.165) is 46.7 Å². The highest BCUT2D eigenvalue weighted by molar-refractivity contribution is 5.83. The molecule has 0 bridgehead atoms. The van der Waals surface area contributed by atoms with Gasteiger partial charge in [-0.2, -0.15) is 0 Å². The van der Waals surface area contributed by atoms with Gasteiger partial charge in [0, 0.05) is 6.07 Å². The summed E-state index contributed by atoms with van der Waals surface area (Å²) in [6, 6.07) is 3.71. The first-order valence-corrected chi connectivity index (χ1v) is 7.72. The Kier molecular flexibility index (Phi) is 4.14. The average Bonchev–Trinajstić information content (AvgIpc) is 2.94. The van der Waals surface area contributed by atoms with Gasteiger partial charge in [0.25, 0.3) is 0 Å². The summed E-state index contributed by atoms with van der Waals surface area (Å²) >= 11 is 0. The number of nitrogens with zero attached hydrogens (tertiary/aromatic N) is 4. The fourth-order valence-corrected chi connectivity index (χ4v) is 2.87. The molecule has 2 aromatic heterocycles. The van der Waals surface area contributed by atoms with Crippen molar-refractivity contribution in [3.63, 3.8) is 0 Å². The second-order valence-corrected chi connectivity index (χ2v) is 5.75. The van der Waals surface area contributed by atoms with Crippen LogP contribution in [-0.4, -0.2) is 33.2 Å². The summed E-state index contributed by atoms with van der Waals surface area (Å²) in [6.07, 6.45) is 1.62. The summed E-state index contributed by atoms with van der Waals surface area (Å²) in [5.41, 5.74) is 16.2. The molecule has 0 radical (unpaired) electrons. The Bertz CT molecular complexity index is 857. The van der Waals surface area contributed by atoms with Crippen LogP contribution < -0.4 is 16.2 Å². The molecule has 7 nitrogen and oxygen atoms in total. The van der Waals surface area contributed by atoms with Gasteiger partial charge in [-0.3, -0.25) is 4.40 Å². The minimum absolute atomic E-state index is 0.212. The Labute approximate surface area is 134 Å². The number of methoxy groups -OCH3 is 1. The number of hydrogen-bond donors (Lipinski definition) is 2. The summed E-state index contributed by atoms with van der Waals surface area (Å²) in [7, 11) is 1.65. The lowest BCUT2D eigenvalue weighted by atomic mass is 10.1. The van der Waals surface area contributed by atoms with E-state index in [0.29, 0.717) is 12.2 Å². The first-order chi connectivity index (χ1) is 11.1. The standard InChI is InChI=1S/C16H22N6O/c1-9-7-11(23-3)8-13-14(9)19-15(12(18)5-4-6-17)16-21-20-10(2)22(13)16/h7-8,12H,4-6,17-18H2,1-3H3. The van der Waals surface area contributed by atoms with Crippen molar-refractivity contribution >= 4 is 16.7 Å². The van der Waals surface area contributed by atoms with Gasteiger partial charge in [-0.05, 0) is 44.9 Å². The molecule has 3 aromatic rings. The third-order valence-corrected chi connectivity index (χ3v) is 4.09. The van der Waals surface area contributed by atoms with Crippen molar-refractivity contribution in [3.8, 4) is 5.75 Å². The zero-order valence-electron chi connectivity index (χ0n) is 13.7. The van der Waals surface area contributed by atoms with Crippen LogP contribution in [0.3, 0.4) is 0 Å². The molecule has 1 unspecified atom stereocenters. The van der Waals surface area contributed by atoms with Gasteiger partial charge >= 0.3 is 0 Å². The normalized spacial score (nSPS) is 12.9. The van der Waals surface area contributed by atoms with Gasteiger partial charge in [0.05, 0.1) is 24.2 Å². The fraction of sp³-hybridized carbons (Fsp3) is 0.438. The summed E-state index contributed by atoms with van der Waals surface area (Å²) in [6.45, 7) is 4.54. The van der Waals surface area contributed by atoms with E-state index in [1.165, 1.54) is 0 Å². The topological polar surface area (TPSA) is 104 Å². The molecule has 1 aromatic carbocycles. The van der Waals surface area contributed by atoms with Gasteiger partial charge in [-0.1, -0.05) is 0 Å². The molecule has 7 heteroatoms. The Hall–Kier alpha value is -2.25. The van der Waals surface area contributed by atoms with Crippen LogP contribution in [0.5, 0.6) is 5.75 Å². The van der Waals surface area contributed by atoms with Gasteiger partial charge in [-0.15, -0.1) is 10.2 Å². The summed E-state index contributed by atoms with van der Waals surface area (Å²) in [4.78, 5) is 4.80. The molecule has 4 N–H and O–H groups in total. The van der Waals surface area contributed by atoms with Crippen molar-refractivity contribution in [1.29, 1.82) is 0 Å². The summed E-state index contributed by atoms with van der Waals surface area (Å²) < 4.78 is 7.37. The largest absolute Gasteiger partial charge is 0.497 e. The second kappa shape index (κ2) is 6.10. The van der Waals surface area contributed by atoms with Crippen LogP contribution >= 0.6 is 0 Å². The van der Waals surface area contributed by atoms with E-state index in [1.54, 1.807) is 7.11 Å². The number of benzene rings is 1. The van der Waals surface area contributed by atoms with Gasteiger partial charge in [0.15, 0.2) is 5.65 Å². The molecule has 0 saturated heterocycles. The van der Waals surface area contributed by atoms with E-state index in [1.807, 2.05) is 30.4 Å². The van der Waals surface area contributed by atoms with Crippen molar-refractivity contribution in [2.45, 2.75) is 32.7 Å². The zero-order valence-corrected chi connectivity index (χ0v) is 13.7. The van der Waals surface area contributed by atoms with E-state index < -0.39 is 0 Å². The maximum absolute atomic E-state index is 6.33. The monoisotopic (exact) mass is 314 g/mol. The fourth-order valence-electron chi connectivity index (χ4n) is 2.87. The first-order valence-electron chi connectivity index (χ1n) is 7.72. The third kappa shape index (κ3) is 2.62. The lowest BCUT2D eigenvalue weighted by molar-refractivity contribution is 0.415. The molecule has 0 aliphatic heterocycles. The predicted octanol–water partition coefficient (Wildman–Crippen LogP) is 1.64. The minimum Gasteiger partial charge on any atom is -0.497 e. The lowest BCUT2D eigenvalue weighted by Gasteiger charge is -2.15. The lowest BCUT2D eigenvalue weighted by Crippen LogP contribution is -2.16. The molecule has 1 atom stereocenters. The van der Waals surface area contributed by atoms with Crippen LogP contribution in [0.4, 0.5) is 0 Å². The van der Waals surface area contributed by atoms with E-state index >= 15 is 0 Å². The van der Waals surface area contributed by atoms with Crippen LogP contribution in [-0.2, 0) is 0 Å². The van der Waals surface area contributed by atoms with E-state index in [-0.39, 0.29) is 6.04 Å². The van der Waals surface area contributed by atoms with Crippen LogP contribution in [0, 0.1) is 13.8 Å². The van der Waals surface area contributed by atoms with Gasteiger partial charge in [-0.25, -0.2) is 4.98 Å².